The minimum Gasteiger partial charge on any atom is -0.337 e. The van der Waals surface area contributed by atoms with Gasteiger partial charge in [0.15, 0.2) is 0 Å². The van der Waals surface area contributed by atoms with Crippen LogP contribution in [0.3, 0.4) is 0 Å². The van der Waals surface area contributed by atoms with Crippen molar-refractivity contribution in [1.82, 2.24) is 0 Å². The van der Waals surface area contributed by atoms with Crippen LogP contribution in [0.1, 0.15) is 5.56 Å². The number of fused-ring (bicyclic) bond motifs is 8. The Morgan fingerprint density at radius 3 is 1.43 bits per heavy atom. The molecular formula is C65H46N2. The highest BCUT2D eigenvalue weighted by Crippen LogP contribution is 2.42. The lowest BCUT2D eigenvalue weighted by atomic mass is 9.92. The van der Waals surface area contributed by atoms with Crippen LogP contribution in [-0.4, -0.2) is 6.54 Å². The molecule has 1 aliphatic heterocycles. The van der Waals surface area contributed by atoms with E-state index in [1.165, 1.54) is 71.0 Å². The van der Waals surface area contributed by atoms with Crippen molar-refractivity contribution in [3.8, 4) is 33.4 Å². The predicted octanol–water partition coefficient (Wildman–Crippen LogP) is 18.0. The molecule has 0 fully saturated rings. The van der Waals surface area contributed by atoms with Crippen molar-refractivity contribution in [3.05, 3.63) is 267 Å². The Morgan fingerprint density at radius 1 is 0.343 bits per heavy atom. The number of benzene rings is 11. The van der Waals surface area contributed by atoms with E-state index in [9.17, 15) is 0 Å². The van der Waals surface area contributed by atoms with Gasteiger partial charge in [0, 0.05) is 45.9 Å². The molecule has 0 aliphatic carbocycles. The number of hydrogen-bond acceptors (Lipinski definition) is 2. The molecule has 1 heterocycles. The summed E-state index contributed by atoms with van der Waals surface area (Å²) >= 11 is 0. The second-order valence-electron chi connectivity index (χ2n) is 17.3. The van der Waals surface area contributed by atoms with E-state index >= 15 is 0 Å². The highest BCUT2D eigenvalue weighted by atomic mass is 15.1. The number of anilines is 5. The molecule has 0 unspecified atom stereocenters. The maximum absolute atomic E-state index is 4.56. The summed E-state index contributed by atoms with van der Waals surface area (Å²) in [4.78, 5) is 4.77. The Hall–Kier alpha value is -8.72. The largest absolute Gasteiger partial charge is 0.337 e. The molecule has 1 aliphatic rings. The molecule has 316 valence electrons. The van der Waals surface area contributed by atoms with E-state index in [0.29, 0.717) is 0 Å². The van der Waals surface area contributed by atoms with Crippen LogP contribution in [0.15, 0.2) is 261 Å². The van der Waals surface area contributed by atoms with Crippen LogP contribution in [0.25, 0.3) is 82.0 Å². The Labute approximate surface area is 392 Å². The van der Waals surface area contributed by atoms with E-state index in [2.05, 4.69) is 271 Å². The minimum absolute atomic E-state index is 0.743. The molecular weight excluding hydrogens is 809 g/mol. The van der Waals surface area contributed by atoms with Crippen molar-refractivity contribution in [2.75, 3.05) is 16.3 Å². The number of hydrogen-bond donors (Lipinski definition) is 0. The summed E-state index contributed by atoms with van der Waals surface area (Å²) in [5.41, 5.74) is 14.7. The van der Waals surface area contributed by atoms with Gasteiger partial charge >= 0.3 is 0 Å². The SMILES string of the molecule is C=C1/C=C\C=C/CN(c2cccc3ccccc23)c2ccc(-c3ccc(N(c4ccc(-c5ccccc5)cc4)c4ccc(-c5ccc6c7ccccc7c7ccccc7c6c5)cc4)cc3)cc21. The Morgan fingerprint density at radius 2 is 0.806 bits per heavy atom. The molecule has 0 bridgehead atoms. The van der Waals surface area contributed by atoms with Gasteiger partial charge in [-0.15, -0.1) is 0 Å². The first-order valence-corrected chi connectivity index (χ1v) is 23.1. The van der Waals surface area contributed by atoms with Gasteiger partial charge in [-0.25, -0.2) is 0 Å². The Bertz CT molecular complexity index is 3670. The molecule has 0 saturated carbocycles. The van der Waals surface area contributed by atoms with Crippen molar-refractivity contribution >= 4 is 77.1 Å². The van der Waals surface area contributed by atoms with Gasteiger partial charge in [0.1, 0.15) is 0 Å². The molecule has 0 N–H and O–H groups in total. The molecule has 0 atom stereocenters. The summed E-state index contributed by atoms with van der Waals surface area (Å²) in [6.45, 7) is 5.30. The fourth-order valence-corrected chi connectivity index (χ4v) is 10.1. The smallest absolute Gasteiger partial charge is 0.0493 e. The zero-order valence-corrected chi connectivity index (χ0v) is 37.1. The van der Waals surface area contributed by atoms with Crippen molar-refractivity contribution in [2.45, 2.75) is 0 Å². The molecule has 11 aromatic rings. The van der Waals surface area contributed by atoms with Gasteiger partial charge in [0.05, 0.1) is 0 Å². The fraction of sp³-hybridized carbons (Fsp3) is 0.0154. The maximum Gasteiger partial charge on any atom is 0.0493 e. The van der Waals surface area contributed by atoms with Crippen LogP contribution in [-0.2, 0) is 0 Å². The normalized spacial score (nSPS) is 13.6. The van der Waals surface area contributed by atoms with Gasteiger partial charge in [0.2, 0.25) is 0 Å². The van der Waals surface area contributed by atoms with Crippen LogP contribution in [0.2, 0.25) is 0 Å². The second-order valence-corrected chi connectivity index (χ2v) is 17.3. The van der Waals surface area contributed by atoms with Crippen molar-refractivity contribution in [1.29, 1.82) is 0 Å². The predicted molar refractivity (Wildman–Crippen MR) is 288 cm³/mol. The quantitative estimate of drug-likeness (QED) is 0.147. The minimum atomic E-state index is 0.743. The third kappa shape index (κ3) is 7.35. The molecule has 0 amide bonds. The van der Waals surface area contributed by atoms with Gasteiger partial charge in [-0.05, 0) is 137 Å². The first kappa shape index (κ1) is 39.8. The number of nitrogens with zero attached hydrogens (tertiary/aromatic N) is 2. The lowest BCUT2D eigenvalue weighted by Gasteiger charge is -2.28. The maximum atomic E-state index is 4.56. The van der Waals surface area contributed by atoms with E-state index in [1.54, 1.807) is 0 Å². The van der Waals surface area contributed by atoms with Crippen molar-refractivity contribution in [2.24, 2.45) is 0 Å². The molecule has 11 aromatic carbocycles. The lowest BCUT2D eigenvalue weighted by molar-refractivity contribution is 1.10. The average Bonchev–Trinajstić information content (AvgIpc) is 3.48. The Balaban J connectivity index is 0.913. The van der Waals surface area contributed by atoms with Crippen LogP contribution in [0.4, 0.5) is 28.4 Å². The van der Waals surface area contributed by atoms with Gasteiger partial charge in [-0.1, -0.05) is 201 Å². The zero-order valence-electron chi connectivity index (χ0n) is 37.1. The van der Waals surface area contributed by atoms with E-state index in [-0.39, 0.29) is 0 Å². The molecule has 0 spiro atoms. The third-order valence-electron chi connectivity index (χ3n) is 13.4. The Kier molecular flexibility index (Phi) is 10.1. The van der Waals surface area contributed by atoms with Crippen LogP contribution < -0.4 is 9.80 Å². The number of allylic oxidation sites excluding steroid dienone is 4. The van der Waals surface area contributed by atoms with Gasteiger partial charge < -0.3 is 9.80 Å². The van der Waals surface area contributed by atoms with E-state index < -0.39 is 0 Å². The molecule has 0 saturated heterocycles. The van der Waals surface area contributed by atoms with Crippen molar-refractivity contribution in [3.63, 3.8) is 0 Å². The summed E-state index contributed by atoms with van der Waals surface area (Å²) in [6.07, 6.45) is 8.55. The zero-order chi connectivity index (χ0) is 44.7. The van der Waals surface area contributed by atoms with E-state index in [0.717, 1.165) is 51.6 Å². The summed E-state index contributed by atoms with van der Waals surface area (Å²) in [6, 6.07) is 84.0. The van der Waals surface area contributed by atoms with Crippen LogP contribution >= 0.6 is 0 Å². The monoisotopic (exact) mass is 854 g/mol. The summed E-state index contributed by atoms with van der Waals surface area (Å²) < 4.78 is 0. The van der Waals surface area contributed by atoms with Crippen LogP contribution in [0.5, 0.6) is 0 Å². The molecule has 2 nitrogen and oxygen atoms in total. The first-order valence-electron chi connectivity index (χ1n) is 23.1. The van der Waals surface area contributed by atoms with Crippen molar-refractivity contribution < 1.29 is 0 Å². The van der Waals surface area contributed by atoms with Gasteiger partial charge in [-0.2, -0.15) is 0 Å². The summed E-state index contributed by atoms with van der Waals surface area (Å²) in [5, 5.41) is 10.2. The van der Waals surface area contributed by atoms with Gasteiger partial charge in [0.25, 0.3) is 0 Å². The standard InChI is InChI=1S/C65H46N2/c1-45-15-4-3-13-42-66(64-25-14-19-50-18-7-8-20-56(50)64)65-41-33-52(43-62(45)65)49-30-38-55(39-31-49)67(53-34-26-47(27-35-53)46-16-5-2-6-17-46)54-36-28-48(29-37-54)51-32-40-61-59-23-10-9-21-57(59)58-22-11-12-24-60(58)63(61)44-51/h2-41,43-44H,1,42H2/b13-3-,15-4-. The molecule has 12 rings (SSSR count). The summed E-state index contributed by atoms with van der Waals surface area (Å²) in [5.74, 6) is 0. The highest BCUT2D eigenvalue weighted by molar-refractivity contribution is 6.25. The molecule has 2 heteroatoms. The molecule has 0 aromatic heterocycles. The topological polar surface area (TPSA) is 6.48 Å². The molecule has 67 heavy (non-hydrogen) atoms. The highest BCUT2D eigenvalue weighted by Gasteiger charge is 2.19. The average molecular weight is 855 g/mol. The summed E-state index contributed by atoms with van der Waals surface area (Å²) in [7, 11) is 0. The van der Waals surface area contributed by atoms with Gasteiger partial charge in [-0.3, -0.25) is 0 Å². The fourth-order valence-electron chi connectivity index (χ4n) is 10.1. The van der Waals surface area contributed by atoms with E-state index in [1.807, 2.05) is 0 Å². The van der Waals surface area contributed by atoms with Crippen LogP contribution in [0, 0.1) is 0 Å². The lowest BCUT2D eigenvalue weighted by Crippen LogP contribution is -2.18. The first-order chi connectivity index (χ1) is 33.1. The third-order valence-corrected chi connectivity index (χ3v) is 13.4. The number of rotatable bonds is 7. The molecule has 0 radical (unpaired) electrons. The van der Waals surface area contributed by atoms with E-state index in [4.69, 9.17) is 0 Å². The second kappa shape index (κ2) is 17.0.